The molecule has 2 rings (SSSR count). The number of hydrogen-bond donors (Lipinski definition) is 0. The van der Waals surface area contributed by atoms with Gasteiger partial charge in [0.1, 0.15) is 0 Å². The van der Waals surface area contributed by atoms with Crippen molar-refractivity contribution in [1.29, 1.82) is 0 Å². The van der Waals surface area contributed by atoms with Crippen LogP contribution in [-0.4, -0.2) is 29.2 Å². The third-order valence-electron chi connectivity index (χ3n) is 3.75. The lowest BCUT2D eigenvalue weighted by Crippen LogP contribution is -2.38. The lowest BCUT2D eigenvalue weighted by molar-refractivity contribution is -0.130. The Morgan fingerprint density at radius 3 is 2.54 bits per heavy atom. The van der Waals surface area contributed by atoms with Crippen LogP contribution in [0.4, 0.5) is 0 Å². The number of hydrogen-bond acceptors (Lipinski definition) is 1. The molecule has 1 aliphatic carbocycles. The molecule has 1 unspecified atom stereocenters. The van der Waals surface area contributed by atoms with E-state index in [4.69, 9.17) is 0 Å². The number of likely N-dealkylation sites (tertiary alicyclic amines) is 1. The molecule has 1 heterocycles. The maximum atomic E-state index is 11.1. The van der Waals surface area contributed by atoms with Crippen molar-refractivity contribution in [2.75, 3.05) is 18.4 Å². The molecule has 1 aliphatic heterocycles. The Kier molecular flexibility index (Phi) is 2.39. The molecule has 1 saturated carbocycles. The number of carbonyl (C=O) groups excluding carboxylic acids is 1. The molecule has 0 bridgehead atoms. The predicted molar refractivity (Wildman–Crippen MR) is 55.8 cm³/mol. The molecule has 0 radical (unpaired) electrons. The predicted octanol–water partition coefficient (Wildman–Crippen LogP) is 2.03. The number of nitrogens with zero attached hydrogens (tertiary/aromatic N) is 1. The largest absolute Gasteiger partial charge is 0.343 e. The summed E-state index contributed by atoms with van der Waals surface area (Å²) in [5.74, 6) is 1.13. The number of halogens is 1. The summed E-state index contributed by atoms with van der Waals surface area (Å²) in [6, 6.07) is 0. The Labute approximate surface area is 87.8 Å². The molecule has 1 atom stereocenters. The first-order chi connectivity index (χ1) is 6.18. The first kappa shape index (κ1) is 9.50. The van der Waals surface area contributed by atoms with E-state index in [2.05, 4.69) is 15.9 Å². The Morgan fingerprint density at radius 1 is 1.54 bits per heavy atom. The second kappa shape index (κ2) is 3.26. The average molecular weight is 246 g/mol. The van der Waals surface area contributed by atoms with Gasteiger partial charge in [-0.15, -0.1) is 0 Å². The van der Waals surface area contributed by atoms with Crippen LogP contribution in [0.2, 0.25) is 0 Å². The van der Waals surface area contributed by atoms with E-state index in [1.54, 1.807) is 6.92 Å². The van der Waals surface area contributed by atoms with Gasteiger partial charge in [0.2, 0.25) is 5.91 Å². The van der Waals surface area contributed by atoms with Gasteiger partial charge < -0.3 is 4.90 Å². The van der Waals surface area contributed by atoms with Gasteiger partial charge in [-0.05, 0) is 30.6 Å². The second-order valence-electron chi connectivity index (χ2n) is 4.42. The normalized spacial score (nSPS) is 30.6. The second-order valence-corrected chi connectivity index (χ2v) is 5.07. The van der Waals surface area contributed by atoms with Gasteiger partial charge in [-0.2, -0.15) is 0 Å². The van der Waals surface area contributed by atoms with Crippen LogP contribution in [0.15, 0.2) is 0 Å². The highest BCUT2D eigenvalue weighted by atomic mass is 79.9. The summed E-state index contributed by atoms with van der Waals surface area (Å²) < 4.78 is 0. The van der Waals surface area contributed by atoms with Crippen molar-refractivity contribution in [2.24, 2.45) is 11.3 Å². The Balaban J connectivity index is 1.87. The molecule has 1 saturated heterocycles. The van der Waals surface area contributed by atoms with Crippen molar-refractivity contribution in [1.82, 2.24) is 4.90 Å². The monoisotopic (exact) mass is 245 g/mol. The summed E-state index contributed by atoms with van der Waals surface area (Å²) >= 11 is 3.55. The van der Waals surface area contributed by atoms with Gasteiger partial charge in [-0.25, -0.2) is 0 Å². The fourth-order valence-corrected chi connectivity index (χ4v) is 3.45. The molecule has 2 nitrogen and oxygen atoms in total. The smallest absolute Gasteiger partial charge is 0.219 e. The zero-order valence-electron chi connectivity index (χ0n) is 8.05. The Hall–Kier alpha value is -0.0500. The van der Waals surface area contributed by atoms with Crippen molar-refractivity contribution in [3.8, 4) is 0 Å². The summed E-state index contributed by atoms with van der Waals surface area (Å²) in [6.45, 7) is 3.64. The highest BCUT2D eigenvalue weighted by molar-refractivity contribution is 9.09. The van der Waals surface area contributed by atoms with Crippen molar-refractivity contribution in [3.05, 3.63) is 0 Å². The molecule has 0 aromatic rings. The van der Waals surface area contributed by atoms with Gasteiger partial charge in [-0.3, -0.25) is 4.79 Å². The first-order valence-electron chi connectivity index (χ1n) is 4.99. The van der Waals surface area contributed by atoms with Crippen molar-refractivity contribution < 1.29 is 4.79 Å². The third kappa shape index (κ3) is 1.63. The molecular formula is C10H16BrNO. The van der Waals surface area contributed by atoms with E-state index in [1.807, 2.05) is 4.90 Å². The number of rotatable bonds is 1. The fraction of sp³-hybridized carbons (Fsp3) is 0.900. The van der Waals surface area contributed by atoms with E-state index in [-0.39, 0.29) is 5.91 Å². The van der Waals surface area contributed by atoms with Gasteiger partial charge in [-0.1, -0.05) is 15.9 Å². The Bertz CT molecular complexity index is 221. The minimum Gasteiger partial charge on any atom is -0.343 e. The molecular weight excluding hydrogens is 230 g/mol. The number of alkyl halides is 1. The van der Waals surface area contributed by atoms with E-state index >= 15 is 0 Å². The Morgan fingerprint density at radius 2 is 2.15 bits per heavy atom. The molecule has 0 N–H and O–H groups in total. The molecule has 13 heavy (non-hydrogen) atoms. The summed E-state index contributed by atoms with van der Waals surface area (Å²) in [4.78, 5) is 13.1. The summed E-state index contributed by atoms with van der Waals surface area (Å²) in [6.07, 6.45) is 3.83. The lowest BCUT2D eigenvalue weighted by atomic mass is 9.91. The third-order valence-corrected chi connectivity index (χ3v) is 4.53. The minimum absolute atomic E-state index is 0.242. The molecule has 0 aromatic carbocycles. The van der Waals surface area contributed by atoms with E-state index in [1.165, 1.54) is 19.3 Å². The van der Waals surface area contributed by atoms with Crippen molar-refractivity contribution in [2.45, 2.75) is 26.2 Å². The number of piperidine rings is 1. The number of amides is 1. The van der Waals surface area contributed by atoms with Gasteiger partial charge in [0.25, 0.3) is 0 Å². The minimum atomic E-state index is 0.242. The van der Waals surface area contributed by atoms with E-state index in [0.717, 1.165) is 24.3 Å². The van der Waals surface area contributed by atoms with E-state index in [9.17, 15) is 4.79 Å². The maximum absolute atomic E-state index is 11.1. The van der Waals surface area contributed by atoms with Crippen LogP contribution >= 0.6 is 15.9 Å². The molecule has 1 spiro atoms. The van der Waals surface area contributed by atoms with Gasteiger partial charge >= 0.3 is 0 Å². The molecule has 3 heteroatoms. The maximum Gasteiger partial charge on any atom is 0.219 e. The summed E-state index contributed by atoms with van der Waals surface area (Å²) in [5, 5.41) is 1.15. The van der Waals surface area contributed by atoms with Crippen LogP contribution in [0.25, 0.3) is 0 Å². The van der Waals surface area contributed by atoms with Gasteiger partial charge in [0, 0.05) is 25.3 Å². The van der Waals surface area contributed by atoms with Crippen LogP contribution in [0.5, 0.6) is 0 Å². The topological polar surface area (TPSA) is 20.3 Å². The molecule has 2 aliphatic rings. The van der Waals surface area contributed by atoms with Crippen LogP contribution in [0.3, 0.4) is 0 Å². The fourth-order valence-electron chi connectivity index (χ4n) is 2.53. The SMILES string of the molecule is CC(=O)N1CCC2(CC1)CC2CBr. The summed E-state index contributed by atoms with van der Waals surface area (Å²) in [7, 11) is 0. The lowest BCUT2D eigenvalue weighted by Gasteiger charge is -2.32. The van der Waals surface area contributed by atoms with E-state index in [0.29, 0.717) is 5.41 Å². The van der Waals surface area contributed by atoms with Crippen LogP contribution in [0, 0.1) is 11.3 Å². The van der Waals surface area contributed by atoms with Crippen molar-refractivity contribution >= 4 is 21.8 Å². The van der Waals surface area contributed by atoms with Crippen LogP contribution in [-0.2, 0) is 4.79 Å². The average Bonchev–Trinajstić information content (AvgIpc) is 2.80. The molecule has 74 valence electrons. The van der Waals surface area contributed by atoms with Crippen LogP contribution < -0.4 is 0 Å². The van der Waals surface area contributed by atoms with Crippen LogP contribution in [0.1, 0.15) is 26.2 Å². The first-order valence-corrected chi connectivity index (χ1v) is 6.11. The van der Waals surface area contributed by atoms with Gasteiger partial charge in [0.15, 0.2) is 0 Å². The van der Waals surface area contributed by atoms with E-state index < -0.39 is 0 Å². The van der Waals surface area contributed by atoms with Gasteiger partial charge in [0.05, 0.1) is 0 Å². The molecule has 0 aromatic heterocycles. The quantitative estimate of drug-likeness (QED) is 0.648. The standard InChI is InChI=1S/C10H16BrNO/c1-8(13)12-4-2-10(3-5-12)6-9(10)7-11/h9H,2-7H2,1H3. The highest BCUT2D eigenvalue weighted by Crippen LogP contribution is 2.59. The number of carbonyl (C=O) groups is 1. The molecule has 1 amide bonds. The molecule has 2 fully saturated rings. The van der Waals surface area contributed by atoms with Crippen molar-refractivity contribution in [3.63, 3.8) is 0 Å². The zero-order chi connectivity index (χ0) is 9.47. The summed E-state index contributed by atoms with van der Waals surface area (Å²) in [5.41, 5.74) is 0.620. The highest BCUT2D eigenvalue weighted by Gasteiger charge is 2.53. The zero-order valence-corrected chi connectivity index (χ0v) is 9.64.